The summed E-state index contributed by atoms with van der Waals surface area (Å²) in [5, 5.41) is 8.40. The fourth-order valence-corrected chi connectivity index (χ4v) is 4.17. The molecule has 26 heavy (non-hydrogen) atoms. The number of nitrogens with one attached hydrogen (secondary N) is 1. The number of aryl methyl sites for hydroxylation is 1. The number of nitrogens with zero attached hydrogens (tertiary/aromatic N) is 5. The van der Waals surface area contributed by atoms with Gasteiger partial charge in [0.05, 0.1) is 12.6 Å². The Hall–Kier alpha value is -1.84. The second kappa shape index (κ2) is 8.24. The van der Waals surface area contributed by atoms with Crippen LogP contribution in [0.3, 0.4) is 0 Å². The lowest BCUT2D eigenvalue weighted by atomic mass is 9.99. The summed E-state index contributed by atoms with van der Waals surface area (Å²) in [5.74, 6) is 1.32. The van der Waals surface area contributed by atoms with Gasteiger partial charge in [-0.05, 0) is 17.6 Å². The van der Waals surface area contributed by atoms with Gasteiger partial charge >= 0.3 is 0 Å². The summed E-state index contributed by atoms with van der Waals surface area (Å²) in [6.45, 7) is 6.62. The lowest BCUT2D eigenvalue weighted by Crippen LogP contribution is -2.41. The quantitative estimate of drug-likeness (QED) is 0.777. The Kier molecular flexibility index (Phi) is 6.00. The Morgan fingerprint density at radius 1 is 1.46 bits per heavy atom. The summed E-state index contributed by atoms with van der Waals surface area (Å²) in [6, 6.07) is 2.04. The predicted molar refractivity (Wildman–Crippen MR) is 99.0 cm³/mol. The Morgan fingerprint density at radius 3 is 2.88 bits per heavy atom. The van der Waals surface area contributed by atoms with Crippen LogP contribution in [0, 0.1) is 0 Å². The fourth-order valence-electron chi connectivity index (χ4n) is 3.35. The van der Waals surface area contributed by atoms with Gasteiger partial charge in [-0.1, -0.05) is 13.8 Å². The molecule has 8 nitrogen and oxygen atoms in total. The lowest BCUT2D eigenvalue weighted by Gasteiger charge is -2.20. The highest BCUT2D eigenvalue weighted by atomic mass is 32.1. The number of methoxy groups -OCH3 is 1. The fraction of sp³-hybridized carbons (Fsp3) is 0.647. The molecule has 1 N–H and O–H groups in total. The van der Waals surface area contributed by atoms with E-state index in [0.717, 1.165) is 36.2 Å². The summed E-state index contributed by atoms with van der Waals surface area (Å²) in [5.41, 5.74) is 1.12. The first-order valence-electron chi connectivity index (χ1n) is 8.79. The minimum Gasteiger partial charge on any atom is -0.375 e. The van der Waals surface area contributed by atoms with Gasteiger partial charge in [-0.3, -0.25) is 14.4 Å². The molecule has 3 heterocycles. The molecule has 9 heteroatoms. The number of hydrogen-bond acceptors (Lipinski definition) is 7. The third kappa shape index (κ3) is 4.28. The maximum atomic E-state index is 12.0. The van der Waals surface area contributed by atoms with Gasteiger partial charge in [0.15, 0.2) is 0 Å². The number of rotatable bonds is 7. The highest BCUT2D eigenvalue weighted by Crippen LogP contribution is 2.29. The molecule has 0 aromatic carbocycles. The maximum absolute atomic E-state index is 12.0. The van der Waals surface area contributed by atoms with Crippen molar-refractivity contribution in [1.82, 2.24) is 29.4 Å². The molecule has 1 saturated heterocycles. The van der Waals surface area contributed by atoms with Gasteiger partial charge in [-0.15, -0.1) is 0 Å². The molecule has 2 atom stereocenters. The number of ether oxygens (including phenoxy) is 1. The number of hydrogen-bond donors (Lipinski definition) is 1. The molecule has 2 aromatic heterocycles. The molecule has 3 rings (SSSR count). The Balaban J connectivity index is 1.72. The molecular formula is C17H26N6O2S. The van der Waals surface area contributed by atoms with Crippen LogP contribution in [0.1, 0.15) is 42.2 Å². The molecule has 0 radical (unpaired) electrons. The first kappa shape index (κ1) is 18.9. The summed E-state index contributed by atoms with van der Waals surface area (Å²) in [4.78, 5) is 19.0. The van der Waals surface area contributed by atoms with E-state index in [2.05, 4.69) is 38.5 Å². The third-order valence-corrected chi connectivity index (χ3v) is 5.32. The molecule has 1 fully saturated rings. The summed E-state index contributed by atoms with van der Waals surface area (Å²) >= 11 is 1.46. The van der Waals surface area contributed by atoms with Crippen molar-refractivity contribution in [2.75, 3.05) is 26.8 Å². The van der Waals surface area contributed by atoms with Crippen LogP contribution < -0.4 is 5.32 Å². The van der Waals surface area contributed by atoms with Crippen LogP contribution in [0.2, 0.25) is 0 Å². The van der Waals surface area contributed by atoms with Crippen molar-refractivity contribution in [3.63, 3.8) is 0 Å². The molecule has 0 spiro atoms. The largest absolute Gasteiger partial charge is 0.375 e. The highest BCUT2D eigenvalue weighted by molar-refractivity contribution is 7.05. The van der Waals surface area contributed by atoms with E-state index in [-0.39, 0.29) is 24.5 Å². The zero-order valence-corrected chi connectivity index (χ0v) is 16.5. The van der Waals surface area contributed by atoms with Gasteiger partial charge in [-0.2, -0.15) is 9.47 Å². The number of carbonyl (C=O) groups excluding carboxylic acids is 1. The SMILES string of the molecule is COCC(=O)N[C@@H]1CN(Cc2nc(C(C)C)ns2)C[C@H]1c1ccnn1C. The molecule has 2 aromatic rings. The summed E-state index contributed by atoms with van der Waals surface area (Å²) in [6.07, 6.45) is 1.80. The smallest absolute Gasteiger partial charge is 0.246 e. The lowest BCUT2D eigenvalue weighted by molar-refractivity contribution is -0.125. The van der Waals surface area contributed by atoms with Crippen molar-refractivity contribution < 1.29 is 9.53 Å². The summed E-state index contributed by atoms with van der Waals surface area (Å²) in [7, 11) is 3.46. The van der Waals surface area contributed by atoms with Crippen LogP contribution in [-0.2, 0) is 23.1 Å². The number of amides is 1. The van der Waals surface area contributed by atoms with E-state index in [1.165, 1.54) is 18.6 Å². The summed E-state index contributed by atoms with van der Waals surface area (Å²) < 4.78 is 11.3. The molecule has 0 saturated carbocycles. The van der Waals surface area contributed by atoms with Gasteiger partial charge in [0, 0.05) is 51.0 Å². The van der Waals surface area contributed by atoms with Gasteiger partial charge in [0.25, 0.3) is 0 Å². The van der Waals surface area contributed by atoms with E-state index in [9.17, 15) is 4.79 Å². The van der Waals surface area contributed by atoms with Crippen molar-refractivity contribution in [3.8, 4) is 0 Å². The predicted octanol–water partition coefficient (Wildman–Crippen LogP) is 1.13. The van der Waals surface area contributed by atoms with Gasteiger partial charge < -0.3 is 10.1 Å². The van der Waals surface area contributed by atoms with E-state index in [1.54, 1.807) is 6.20 Å². The van der Waals surface area contributed by atoms with Crippen molar-refractivity contribution in [2.24, 2.45) is 7.05 Å². The van der Waals surface area contributed by atoms with E-state index < -0.39 is 0 Å². The molecule has 1 aliphatic heterocycles. The topological polar surface area (TPSA) is 85.2 Å². The van der Waals surface area contributed by atoms with Crippen LogP contribution in [0.4, 0.5) is 0 Å². The Bertz CT molecular complexity index is 743. The molecule has 0 bridgehead atoms. The highest BCUT2D eigenvalue weighted by Gasteiger charge is 2.36. The van der Waals surface area contributed by atoms with E-state index in [0.29, 0.717) is 5.92 Å². The van der Waals surface area contributed by atoms with Crippen molar-refractivity contribution in [3.05, 3.63) is 28.8 Å². The second-order valence-electron chi connectivity index (χ2n) is 6.99. The van der Waals surface area contributed by atoms with E-state index >= 15 is 0 Å². The monoisotopic (exact) mass is 378 g/mol. The average molecular weight is 379 g/mol. The Morgan fingerprint density at radius 2 is 2.27 bits per heavy atom. The van der Waals surface area contributed by atoms with Crippen LogP contribution in [0.5, 0.6) is 0 Å². The van der Waals surface area contributed by atoms with Crippen LogP contribution in [0.15, 0.2) is 12.3 Å². The maximum Gasteiger partial charge on any atom is 0.246 e. The van der Waals surface area contributed by atoms with Crippen molar-refractivity contribution in [2.45, 2.75) is 38.3 Å². The normalized spacial score (nSPS) is 20.8. The van der Waals surface area contributed by atoms with Gasteiger partial charge in [0.1, 0.15) is 17.4 Å². The molecule has 142 valence electrons. The minimum atomic E-state index is -0.0930. The van der Waals surface area contributed by atoms with Gasteiger partial charge in [-0.25, -0.2) is 4.98 Å². The molecule has 0 aliphatic carbocycles. The van der Waals surface area contributed by atoms with E-state index in [1.807, 2.05) is 17.8 Å². The third-order valence-electron chi connectivity index (χ3n) is 4.62. The number of likely N-dealkylation sites (tertiary alicyclic amines) is 1. The minimum absolute atomic E-state index is 0.0190. The zero-order valence-electron chi connectivity index (χ0n) is 15.7. The van der Waals surface area contributed by atoms with Crippen LogP contribution >= 0.6 is 11.5 Å². The van der Waals surface area contributed by atoms with Crippen LogP contribution in [0.25, 0.3) is 0 Å². The second-order valence-corrected chi connectivity index (χ2v) is 7.82. The molecule has 1 amide bonds. The van der Waals surface area contributed by atoms with E-state index in [4.69, 9.17) is 4.74 Å². The van der Waals surface area contributed by atoms with Crippen molar-refractivity contribution in [1.29, 1.82) is 0 Å². The standard InChI is InChI=1S/C17H26N6O2S/c1-11(2)17-20-16(26-21-17)9-23-7-12(14-5-6-18-22(14)3)13(8-23)19-15(24)10-25-4/h5-6,11-13H,7-10H2,1-4H3,(H,19,24)/t12-,13-/m1/s1. The van der Waals surface area contributed by atoms with Crippen LogP contribution in [-0.4, -0.2) is 62.8 Å². The number of carbonyl (C=O) groups is 1. The zero-order chi connectivity index (χ0) is 18.7. The Labute approximate surface area is 157 Å². The molecule has 1 aliphatic rings. The molecule has 0 unspecified atom stereocenters. The number of aromatic nitrogens is 4. The van der Waals surface area contributed by atoms with Gasteiger partial charge in [0.2, 0.25) is 5.91 Å². The first-order valence-corrected chi connectivity index (χ1v) is 9.56. The first-order chi connectivity index (χ1) is 12.5. The van der Waals surface area contributed by atoms with Crippen molar-refractivity contribution >= 4 is 17.4 Å². The average Bonchev–Trinajstić information content (AvgIpc) is 3.28. The molecular weight excluding hydrogens is 352 g/mol.